The fourth-order valence-electron chi connectivity index (χ4n) is 2.90. The molecule has 0 aromatic heterocycles. The molecule has 0 aromatic rings. The number of rotatable bonds is 17. The highest BCUT2D eigenvalue weighted by atomic mass is 15.1. The topological polar surface area (TPSA) is 15.3 Å². The summed E-state index contributed by atoms with van der Waals surface area (Å²) in [4.78, 5) is 2.61. The molecule has 0 heterocycles. The highest BCUT2D eigenvalue weighted by Crippen LogP contribution is 2.07. The zero-order valence-corrected chi connectivity index (χ0v) is 15.3. The van der Waals surface area contributed by atoms with Crippen molar-refractivity contribution in [3.05, 3.63) is 0 Å². The largest absolute Gasteiger partial charge is 0.317 e. The molecule has 0 saturated carbocycles. The van der Waals surface area contributed by atoms with Crippen molar-refractivity contribution in [3.8, 4) is 0 Å². The maximum absolute atomic E-state index is 3.61. The second-order valence-electron chi connectivity index (χ2n) is 6.42. The molecule has 0 aliphatic rings. The van der Waals surface area contributed by atoms with E-state index in [-0.39, 0.29) is 0 Å². The Morgan fingerprint density at radius 2 is 1.05 bits per heavy atom. The van der Waals surface area contributed by atoms with Crippen molar-refractivity contribution in [3.63, 3.8) is 0 Å². The van der Waals surface area contributed by atoms with Gasteiger partial charge in [0.2, 0.25) is 0 Å². The van der Waals surface area contributed by atoms with Crippen molar-refractivity contribution in [2.45, 2.75) is 91.4 Å². The van der Waals surface area contributed by atoms with Gasteiger partial charge in [0.15, 0.2) is 0 Å². The third-order valence-electron chi connectivity index (χ3n) is 4.11. The Morgan fingerprint density at radius 1 is 0.524 bits per heavy atom. The van der Waals surface area contributed by atoms with Gasteiger partial charge in [-0.05, 0) is 58.4 Å². The summed E-state index contributed by atoms with van der Waals surface area (Å²) in [5.41, 5.74) is 0. The van der Waals surface area contributed by atoms with Crippen molar-refractivity contribution < 1.29 is 0 Å². The first kappa shape index (κ1) is 20.9. The molecule has 0 bridgehead atoms. The molecule has 0 amide bonds. The molecule has 0 radical (unpaired) electrons. The van der Waals surface area contributed by atoms with Crippen LogP contribution in [0.1, 0.15) is 91.4 Å². The van der Waals surface area contributed by atoms with Crippen LogP contribution in [0.15, 0.2) is 0 Å². The monoisotopic (exact) mass is 298 g/mol. The third-order valence-corrected chi connectivity index (χ3v) is 4.11. The SMILES string of the molecule is CCCCCCCCCCNCCCN(CCC)CCC. The van der Waals surface area contributed by atoms with Crippen LogP contribution in [-0.4, -0.2) is 37.6 Å². The molecule has 1 N–H and O–H groups in total. The van der Waals surface area contributed by atoms with Crippen LogP contribution < -0.4 is 5.32 Å². The van der Waals surface area contributed by atoms with E-state index in [4.69, 9.17) is 0 Å². The summed E-state index contributed by atoms with van der Waals surface area (Å²) in [6.45, 7) is 13.1. The second kappa shape index (κ2) is 18.0. The first-order valence-electron chi connectivity index (χ1n) is 9.78. The van der Waals surface area contributed by atoms with Gasteiger partial charge in [-0.3, -0.25) is 0 Å². The molecule has 0 aliphatic heterocycles. The summed E-state index contributed by atoms with van der Waals surface area (Å²) in [7, 11) is 0. The molecule has 2 nitrogen and oxygen atoms in total. The molecule has 21 heavy (non-hydrogen) atoms. The van der Waals surface area contributed by atoms with E-state index in [2.05, 4.69) is 31.0 Å². The van der Waals surface area contributed by atoms with E-state index in [0.717, 1.165) is 0 Å². The number of hydrogen-bond donors (Lipinski definition) is 1. The molecule has 128 valence electrons. The van der Waals surface area contributed by atoms with Crippen LogP contribution in [0.25, 0.3) is 0 Å². The quantitative estimate of drug-likeness (QED) is 0.370. The van der Waals surface area contributed by atoms with Gasteiger partial charge in [0.1, 0.15) is 0 Å². The molecule has 0 saturated heterocycles. The fraction of sp³-hybridized carbons (Fsp3) is 1.00. The van der Waals surface area contributed by atoms with Crippen LogP contribution in [0, 0.1) is 0 Å². The predicted molar refractivity (Wildman–Crippen MR) is 97.1 cm³/mol. The van der Waals surface area contributed by atoms with Gasteiger partial charge in [-0.25, -0.2) is 0 Å². The van der Waals surface area contributed by atoms with Crippen molar-refractivity contribution in [2.75, 3.05) is 32.7 Å². The van der Waals surface area contributed by atoms with Gasteiger partial charge in [0.05, 0.1) is 0 Å². The van der Waals surface area contributed by atoms with Crippen molar-refractivity contribution in [2.24, 2.45) is 0 Å². The minimum absolute atomic E-state index is 1.19. The molecule has 0 aliphatic carbocycles. The number of unbranched alkanes of at least 4 members (excludes halogenated alkanes) is 7. The standard InChI is InChI=1S/C19H42N2/c1-4-7-8-9-10-11-12-13-15-20-16-14-19-21(17-5-2)18-6-3/h20H,4-19H2,1-3H3. The highest BCUT2D eigenvalue weighted by molar-refractivity contribution is 4.58. The summed E-state index contributed by atoms with van der Waals surface area (Å²) < 4.78 is 0. The molecular formula is C19H42N2. The van der Waals surface area contributed by atoms with Gasteiger partial charge < -0.3 is 10.2 Å². The number of nitrogens with zero attached hydrogens (tertiary/aromatic N) is 1. The Labute approximate surface area is 135 Å². The van der Waals surface area contributed by atoms with Crippen molar-refractivity contribution in [1.29, 1.82) is 0 Å². The van der Waals surface area contributed by atoms with E-state index in [9.17, 15) is 0 Å². The molecule has 0 fully saturated rings. The molecule has 0 atom stereocenters. The lowest BCUT2D eigenvalue weighted by atomic mass is 10.1. The minimum Gasteiger partial charge on any atom is -0.317 e. The third kappa shape index (κ3) is 16.1. The van der Waals surface area contributed by atoms with E-state index >= 15 is 0 Å². The zero-order valence-electron chi connectivity index (χ0n) is 15.3. The normalized spacial score (nSPS) is 11.4. The second-order valence-corrected chi connectivity index (χ2v) is 6.42. The molecule has 0 unspecified atom stereocenters. The van der Waals surface area contributed by atoms with Crippen LogP contribution in [0.3, 0.4) is 0 Å². The lowest BCUT2D eigenvalue weighted by molar-refractivity contribution is 0.270. The maximum Gasteiger partial charge on any atom is -0.000664 e. The summed E-state index contributed by atoms with van der Waals surface area (Å²) in [6.07, 6.45) is 15.2. The number of nitrogens with one attached hydrogen (secondary N) is 1. The van der Waals surface area contributed by atoms with Crippen molar-refractivity contribution in [1.82, 2.24) is 10.2 Å². The molecular weight excluding hydrogens is 256 g/mol. The van der Waals surface area contributed by atoms with Gasteiger partial charge in [0, 0.05) is 0 Å². The van der Waals surface area contributed by atoms with Crippen LogP contribution in [0.4, 0.5) is 0 Å². The van der Waals surface area contributed by atoms with Gasteiger partial charge in [-0.1, -0.05) is 65.7 Å². The Hall–Kier alpha value is -0.0800. The highest BCUT2D eigenvalue weighted by Gasteiger charge is 2.01. The zero-order chi connectivity index (χ0) is 15.6. The van der Waals surface area contributed by atoms with Crippen LogP contribution >= 0.6 is 0 Å². The first-order chi connectivity index (χ1) is 10.3. The fourth-order valence-corrected chi connectivity index (χ4v) is 2.90. The maximum atomic E-state index is 3.61. The molecule has 0 rings (SSSR count). The van der Waals surface area contributed by atoms with Gasteiger partial charge in [-0.2, -0.15) is 0 Å². The number of hydrogen-bond acceptors (Lipinski definition) is 2. The van der Waals surface area contributed by atoms with Crippen molar-refractivity contribution >= 4 is 0 Å². The molecule has 0 spiro atoms. The lowest BCUT2D eigenvalue weighted by Crippen LogP contribution is -2.29. The van der Waals surface area contributed by atoms with E-state index in [1.165, 1.54) is 103 Å². The van der Waals surface area contributed by atoms with E-state index in [1.54, 1.807) is 0 Å². The molecule has 0 aromatic carbocycles. The van der Waals surface area contributed by atoms with Gasteiger partial charge in [0.25, 0.3) is 0 Å². The van der Waals surface area contributed by atoms with Gasteiger partial charge >= 0.3 is 0 Å². The van der Waals surface area contributed by atoms with Crippen LogP contribution in [-0.2, 0) is 0 Å². The van der Waals surface area contributed by atoms with E-state index in [1.807, 2.05) is 0 Å². The summed E-state index contributed by atoms with van der Waals surface area (Å²) >= 11 is 0. The Morgan fingerprint density at radius 3 is 1.62 bits per heavy atom. The summed E-state index contributed by atoms with van der Waals surface area (Å²) in [5, 5.41) is 3.61. The van der Waals surface area contributed by atoms with Crippen LogP contribution in [0.2, 0.25) is 0 Å². The average molecular weight is 299 g/mol. The summed E-state index contributed by atoms with van der Waals surface area (Å²) in [5.74, 6) is 0. The Balaban J connectivity index is 3.17. The summed E-state index contributed by atoms with van der Waals surface area (Å²) in [6, 6.07) is 0. The van der Waals surface area contributed by atoms with Gasteiger partial charge in [-0.15, -0.1) is 0 Å². The van der Waals surface area contributed by atoms with E-state index in [0.29, 0.717) is 0 Å². The predicted octanol–water partition coefficient (Wildman–Crippen LogP) is 5.23. The van der Waals surface area contributed by atoms with Crippen LogP contribution in [0.5, 0.6) is 0 Å². The first-order valence-corrected chi connectivity index (χ1v) is 9.78. The smallest absolute Gasteiger partial charge is 0.000664 e. The molecule has 2 heteroatoms. The average Bonchev–Trinajstić information content (AvgIpc) is 2.48. The lowest BCUT2D eigenvalue weighted by Gasteiger charge is -2.20. The minimum atomic E-state index is 1.19. The Kier molecular flexibility index (Phi) is 17.9. The Bertz CT molecular complexity index is 176. The van der Waals surface area contributed by atoms with E-state index < -0.39 is 0 Å².